The summed E-state index contributed by atoms with van der Waals surface area (Å²) in [6, 6.07) is 13.3. The molecule has 0 radical (unpaired) electrons. The number of methoxy groups -OCH3 is 2. The van der Waals surface area contributed by atoms with Gasteiger partial charge in [0.15, 0.2) is 11.5 Å². The van der Waals surface area contributed by atoms with Crippen molar-refractivity contribution in [2.45, 2.75) is 19.6 Å². The van der Waals surface area contributed by atoms with Gasteiger partial charge in [0.1, 0.15) is 6.10 Å². The third-order valence-electron chi connectivity index (χ3n) is 3.63. The van der Waals surface area contributed by atoms with Crippen LogP contribution >= 0.6 is 0 Å². The Morgan fingerprint density at radius 1 is 1.04 bits per heavy atom. The van der Waals surface area contributed by atoms with E-state index in [-0.39, 0.29) is 6.10 Å². The second-order valence-corrected chi connectivity index (χ2v) is 5.25. The number of ether oxygens (including phenoxy) is 3. The molecule has 0 aliphatic heterocycles. The third kappa shape index (κ3) is 6.90. The molecule has 0 bridgehead atoms. The first-order valence-electron chi connectivity index (χ1n) is 8.28. The van der Waals surface area contributed by atoms with Gasteiger partial charge in [0.25, 0.3) is 0 Å². The summed E-state index contributed by atoms with van der Waals surface area (Å²) in [7, 11) is 3.20. The topological polar surface area (TPSA) is 106 Å². The average Bonchev–Trinajstić information content (AvgIpc) is 2.73. The molecule has 0 aromatic heterocycles. The van der Waals surface area contributed by atoms with Gasteiger partial charge in [-0.05, 0) is 36.2 Å². The van der Waals surface area contributed by atoms with Crippen LogP contribution in [-0.2, 0) is 11.3 Å². The zero-order valence-corrected chi connectivity index (χ0v) is 15.7. The lowest BCUT2D eigenvalue weighted by Crippen LogP contribution is -2.07. The molecule has 27 heavy (non-hydrogen) atoms. The van der Waals surface area contributed by atoms with Crippen molar-refractivity contribution in [2.75, 3.05) is 20.8 Å². The van der Waals surface area contributed by atoms with Crippen LogP contribution in [0.4, 0.5) is 0 Å². The Hall–Kier alpha value is -2.60. The first-order valence-corrected chi connectivity index (χ1v) is 8.28. The van der Waals surface area contributed by atoms with Crippen LogP contribution in [0, 0.1) is 11.8 Å². The van der Waals surface area contributed by atoms with Crippen LogP contribution in [0.1, 0.15) is 29.7 Å². The van der Waals surface area contributed by atoms with E-state index in [1.165, 1.54) is 0 Å². The molecule has 2 aromatic rings. The van der Waals surface area contributed by atoms with Crippen LogP contribution in [0.25, 0.3) is 0 Å². The van der Waals surface area contributed by atoms with E-state index in [0.717, 1.165) is 16.7 Å². The van der Waals surface area contributed by atoms with Crippen molar-refractivity contribution < 1.29 is 24.6 Å². The average molecular weight is 374 g/mol. The van der Waals surface area contributed by atoms with Crippen LogP contribution < -0.4 is 20.9 Å². The molecule has 7 nitrogen and oxygen atoms in total. The third-order valence-corrected chi connectivity index (χ3v) is 3.63. The van der Waals surface area contributed by atoms with E-state index in [4.69, 9.17) is 24.6 Å². The lowest BCUT2D eigenvalue weighted by molar-refractivity contribution is 0.103. The van der Waals surface area contributed by atoms with Crippen LogP contribution in [0.3, 0.4) is 0 Å². The van der Waals surface area contributed by atoms with E-state index in [0.29, 0.717) is 24.7 Å². The van der Waals surface area contributed by atoms with Crippen molar-refractivity contribution in [3.8, 4) is 23.3 Å². The maximum Gasteiger partial charge on any atom is 0.161 e. The van der Waals surface area contributed by atoms with E-state index in [9.17, 15) is 0 Å². The van der Waals surface area contributed by atoms with Gasteiger partial charge in [-0.3, -0.25) is 0 Å². The van der Waals surface area contributed by atoms with Gasteiger partial charge in [-0.1, -0.05) is 36.1 Å². The summed E-state index contributed by atoms with van der Waals surface area (Å²) in [6.45, 7) is 2.90. The van der Waals surface area contributed by atoms with Crippen molar-refractivity contribution in [2.24, 2.45) is 5.90 Å². The van der Waals surface area contributed by atoms with Crippen molar-refractivity contribution in [1.82, 2.24) is 5.48 Å². The zero-order valence-electron chi connectivity index (χ0n) is 15.7. The van der Waals surface area contributed by atoms with Gasteiger partial charge < -0.3 is 24.6 Å². The lowest BCUT2D eigenvalue weighted by Gasteiger charge is -2.12. The maximum atomic E-state index is 8.76. The van der Waals surface area contributed by atoms with Crippen LogP contribution in [0.2, 0.25) is 0 Å². The van der Waals surface area contributed by atoms with Gasteiger partial charge in [-0.2, -0.15) is 0 Å². The number of rotatable bonds is 7. The number of nitrogens with two attached hydrogens (primary N) is 1. The lowest BCUT2D eigenvalue weighted by atomic mass is 10.1. The van der Waals surface area contributed by atoms with E-state index in [2.05, 4.69) is 23.2 Å². The summed E-state index contributed by atoms with van der Waals surface area (Å²) in [5.41, 5.74) is 4.92. The summed E-state index contributed by atoms with van der Waals surface area (Å²) in [5, 5.41) is 15.3. The van der Waals surface area contributed by atoms with Gasteiger partial charge in [-0.15, -0.1) is 0 Å². The fourth-order valence-electron chi connectivity index (χ4n) is 2.35. The summed E-state index contributed by atoms with van der Waals surface area (Å²) >= 11 is 0. The summed E-state index contributed by atoms with van der Waals surface area (Å²) in [5.74, 6) is 11.1. The molecule has 2 aromatic carbocycles. The van der Waals surface area contributed by atoms with Crippen molar-refractivity contribution in [3.63, 3.8) is 0 Å². The van der Waals surface area contributed by atoms with Crippen molar-refractivity contribution in [3.05, 3.63) is 59.2 Å². The molecule has 2 rings (SSSR count). The van der Waals surface area contributed by atoms with E-state index in [1.54, 1.807) is 14.2 Å². The normalized spacial score (nSPS) is 10.7. The second kappa shape index (κ2) is 12.7. The highest BCUT2D eigenvalue weighted by molar-refractivity contribution is 5.48. The molecule has 0 saturated heterocycles. The Labute approximate surface area is 159 Å². The first-order chi connectivity index (χ1) is 13.2. The van der Waals surface area contributed by atoms with Crippen molar-refractivity contribution in [1.29, 1.82) is 0 Å². The minimum Gasteiger partial charge on any atom is -0.493 e. The molecule has 7 heteroatoms. The molecule has 1 unspecified atom stereocenters. The van der Waals surface area contributed by atoms with Crippen LogP contribution in [0.15, 0.2) is 42.5 Å². The minimum atomic E-state index is -0.325. The van der Waals surface area contributed by atoms with Gasteiger partial charge in [0.2, 0.25) is 0 Å². The Morgan fingerprint density at radius 2 is 1.70 bits per heavy atom. The van der Waals surface area contributed by atoms with Gasteiger partial charge in [0.05, 0.1) is 14.2 Å². The standard InChI is InChI=1S/C20H23NO4.H3NO/c1-4-25-18(17-9-5-16(6-10-17)14-21-22)11-7-15-8-12-19(23-2)20(13-15)24-3;1-2/h5-6,8-10,12-13,18,21-22H,4,14H2,1-3H3;2H,1H2. The Balaban J connectivity index is 0.00000176. The number of hydrogen-bond donors (Lipinski definition) is 4. The van der Waals surface area contributed by atoms with Crippen LogP contribution in [-0.4, -0.2) is 31.2 Å². The Morgan fingerprint density at radius 3 is 2.26 bits per heavy atom. The number of hydroxylamine groups is 1. The molecule has 0 aliphatic rings. The molecule has 5 N–H and O–H groups in total. The molecule has 0 saturated carbocycles. The summed E-state index contributed by atoms with van der Waals surface area (Å²) in [6.07, 6.45) is -0.325. The molecule has 0 fully saturated rings. The Kier molecular flexibility index (Phi) is 10.6. The molecular formula is C20H26N2O5. The highest BCUT2D eigenvalue weighted by Crippen LogP contribution is 2.27. The molecule has 146 valence electrons. The smallest absolute Gasteiger partial charge is 0.161 e. The number of hydrogen-bond acceptors (Lipinski definition) is 7. The minimum absolute atomic E-state index is 0.325. The quantitative estimate of drug-likeness (QED) is 0.436. The predicted molar refractivity (Wildman–Crippen MR) is 102 cm³/mol. The van der Waals surface area contributed by atoms with E-state index < -0.39 is 0 Å². The highest BCUT2D eigenvalue weighted by Gasteiger charge is 2.08. The number of benzene rings is 2. The fraction of sp³-hybridized carbons (Fsp3) is 0.300. The SMILES string of the molecule is CCOC(C#Cc1ccc(OC)c(OC)c1)c1ccc(CNO)cc1.NO. The number of nitrogens with one attached hydrogen (secondary N) is 1. The van der Waals surface area contributed by atoms with E-state index >= 15 is 0 Å². The summed E-state index contributed by atoms with van der Waals surface area (Å²) in [4.78, 5) is 0. The van der Waals surface area contributed by atoms with Crippen molar-refractivity contribution >= 4 is 0 Å². The second-order valence-electron chi connectivity index (χ2n) is 5.25. The van der Waals surface area contributed by atoms with Crippen LogP contribution in [0.5, 0.6) is 11.5 Å². The molecular weight excluding hydrogens is 348 g/mol. The monoisotopic (exact) mass is 374 g/mol. The molecule has 0 amide bonds. The fourth-order valence-corrected chi connectivity index (χ4v) is 2.35. The highest BCUT2D eigenvalue weighted by atomic mass is 16.5. The molecule has 1 atom stereocenters. The zero-order chi connectivity index (χ0) is 20.1. The predicted octanol–water partition coefficient (Wildman–Crippen LogP) is 2.65. The van der Waals surface area contributed by atoms with Gasteiger partial charge in [-0.25, -0.2) is 11.4 Å². The van der Waals surface area contributed by atoms with E-state index in [1.807, 2.05) is 49.4 Å². The molecule has 0 spiro atoms. The van der Waals surface area contributed by atoms with Gasteiger partial charge in [0, 0.05) is 18.7 Å². The van der Waals surface area contributed by atoms with Gasteiger partial charge >= 0.3 is 0 Å². The Bertz CT molecular complexity index is 738. The molecule has 0 heterocycles. The molecule has 0 aliphatic carbocycles. The summed E-state index contributed by atoms with van der Waals surface area (Å²) < 4.78 is 16.3. The maximum absolute atomic E-state index is 8.76. The first kappa shape index (κ1) is 22.4. The largest absolute Gasteiger partial charge is 0.493 e.